The van der Waals surface area contributed by atoms with Crippen molar-refractivity contribution in [1.29, 1.82) is 0 Å². The van der Waals surface area contributed by atoms with E-state index in [1.54, 1.807) is 19.1 Å². The number of aryl methyl sites for hydroxylation is 1. The number of methoxy groups -OCH3 is 1. The third-order valence-electron chi connectivity index (χ3n) is 4.44. The minimum Gasteiger partial charge on any atom is -0.493 e. The number of anilines is 1. The third-order valence-corrected chi connectivity index (χ3v) is 4.95. The standard InChI is InChI=1S/C21H17Cl2N3O6/c1-10-3-4-12(22)8-15(10)26-20(29)13(19(28)25-21(26)30)5-11-6-14(23)18(16(7-11)31-2)32-9-17(24)27/h3-8H,9H2,1-2H3,(H2,24,27)(H,25,28,30)/b13-5+. The molecule has 3 rings (SSSR count). The molecule has 0 aliphatic carbocycles. The van der Waals surface area contributed by atoms with E-state index in [1.165, 1.54) is 31.4 Å². The number of hydrogen-bond acceptors (Lipinski definition) is 6. The summed E-state index contributed by atoms with van der Waals surface area (Å²) in [6.07, 6.45) is 1.25. The molecule has 0 spiro atoms. The van der Waals surface area contributed by atoms with Gasteiger partial charge in [-0.2, -0.15) is 0 Å². The molecule has 32 heavy (non-hydrogen) atoms. The lowest BCUT2D eigenvalue weighted by Crippen LogP contribution is -2.54. The number of benzene rings is 2. The molecule has 2 aromatic rings. The van der Waals surface area contributed by atoms with Crippen molar-refractivity contribution in [3.05, 3.63) is 57.1 Å². The number of ether oxygens (including phenoxy) is 2. The largest absolute Gasteiger partial charge is 0.493 e. The quantitative estimate of drug-likeness (QED) is 0.486. The Labute approximate surface area is 192 Å². The van der Waals surface area contributed by atoms with Gasteiger partial charge in [-0.05, 0) is 48.4 Å². The van der Waals surface area contributed by atoms with Crippen LogP contribution in [0.2, 0.25) is 10.0 Å². The van der Waals surface area contributed by atoms with Crippen LogP contribution in [0.25, 0.3) is 6.08 Å². The molecule has 166 valence electrons. The lowest BCUT2D eigenvalue weighted by Gasteiger charge is -2.27. The van der Waals surface area contributed by atoms with Crippen LogP contribution in [0.1, 0.15) is 11.1 Å². The molecule has 0 bridgehead atoms. The van der Waals surface area contributed by atoms with Crippen LogP contribution in [-0.2, 0) is 14.4 Å². The minimum absolute atomic E-state index is 0.0553. The van der Waals surface area contributed by atoms with Crippen molar-refractivity contribution in [3.63, 3.8) is 0 Å². The molecule has 3 N–H and O–H groups in total. The first kappa shape index (κ1) is 23.1. The van der Waals surface area contributed by atoms with Gasteiger partial charge >= 0.3 is 6.03 Å². The Bertz CT molecular complexity index is 1180. The van der Waals surface area contributed by atoms with Gasteiger partial charge in [-0.1, -0.05) is 29.3 Å². The molecule has 2 aromatic carbocycles. The van der Waals surface area contributed by atoms with Gasteiger partial charge in [0.25, 0.3) is 17.7 Å². The number of barbiturate groups is 1. The molecule has 0 atom stereocenters. The van der Waals surface area contributed by atoms with Crippen LogP contribution in [0.3, 0.4) is 0 Å². The maximum Gasteiger partial charge on any atom is 0.335 e. The Morgan fingerprint density at radius 2 is 1.91 bits per heavy atom. The zero-order valence-electron chi connectivity index (χ0n) is 16.9. The van der Waals surface area contributed by atoms with Crippen molar-refractivity contribution in [2.24, 2.45) is 5.73 Å². The molecule has 1 heterocycles. The van der Waals surface area contributed by atoms with Gasteiger partial charge in [-0.3, -0.25) is 19.7 Å². The molecule has 0 unspecified atom stereocenters. The second-order valence-electron chi connectivity index (χ2n) is 6.68. The van der Waals surface area contributed by atoms with Crippen LogP contribution in [-0.4, -0.2) is 37.5 Å². The molecular formula is C21H17Cl2N3O6. The van der Waals surface area contributed by atoms with E-state index >= 15 is 0 Å². The fourth-order valence-corrected chi connectivity index (χ4v) is 3.41. The van der Waals surface area contributed by atoms with E-state index < -0.39 is 30.4 Å². The van der Waals surface area contributed by atoms with Crippen LogP contribution in [0.4, 0.5) is 10.5 Å². The number of hydrogen-bond donors (Lipinski definition) is 2. The summed E-state index contributed by atoms with van der Waals surface area (Å²) in [5.74, 6) is -2.21. The molecule has 1 aliphatic rings. The fourth-order valence-electron chi connectivity index (χ4n) is 2.97. The molecule has 1 aliphatic heterocycles. The van der Waals surface area contributed by atoms with Crippen molar-refractivity contribution in [2.45, 2.75) is 6.92 Å². The molecule has 11 heteroatoms. The van der Waals surface area contributed by atoms with E-state index in [0.717, 1.165) is 4.90 Å². The van der Waals surface area contributed by atoms with Crippen molar-refractivity contribution in [1.82, 2.24) is 5.32 Å². The lowest BCUT2D eigenvalue weighted by atomic mass is 10.1. The van der Waals surface area contributed by atoms with Gasteiger partial charge in [0.05, 0.1) is 17.8 Å². The highest BCUT2D eigenvalue weighted by Gasteiger charge is 2.37. The highest BCUT2D eigenvalue weighted by molar-refractivity contribution is 6.40. The summed E-state index contributed by atoms with van der Waals surface area (Å²) < 4.78 is 10.5. The van der Waals surface area contributed by atoms with Gasteiger partial charge in [-0.15, -0.1) is 0 Å². The SMILES string of the molecule is COc1cc(/C=C2\C(=O)NC(=O)N(c3cc(Cl)ccc3C)C2=O)cc(Cl)c1OCC(N)=O. The van der Waals surface area contributed by atoms with Crippen LogP contribution in [0.5, 0.6) is 11.5 Å². The Kier molecular flexibility index (Phi) is 6.71. The molecule has 9 nitrogen and oxygen atoms in total. The van der Waals surface area contributed by atoms with Crippen molar-refractivity contribution in [2.75, 3.05) is 18.6 Å². The van der Waals surface area contributed by atoms with Crippen molar-refractivity contribution >= 4 is 58.7 Å². The van der Waals surface area contributed by atoms with Crippen molar-refractivity contribution < 1.29 is 28.7 Å². The van der Waals surface area contributed by atoms with Crippen LogP contribution in [0, 0.1) is 6.92 Å². The normalized spacial score (nSPS) is 15.1. The second kappa shape index (κ2) is 9.29. The summed E-state index contributed by atoms with van der Waals surface area (Å²) in [5.41, 5.74) is 5.92. The molecule has 0 radical (unpaired) electrons. The van der Waals surface area contributed by atoms with Crippen molar-refractivity contribution in [3.8, 4) is 11.5 Å². The highest BCUT2D eigenvalue weighted by Crippen LogP contribution is 2.37. The lowest BCUT2D eigenvalue weighted by molar-refractivity contribution is -0.123. The van der Waals surface area contributed by atoms with E-state index in [9.17, 15) is 19.2 Å². The number of carbonyl (C=O) groups is 4. The molecule has 1 saturated heterocycles. The monoisotopic (exact) mass is 477 g/mol. The number of imide groups is 2. The Morgan fingerprint density at radius 3 is 2.56 bits per heavy atom. The number of nitrogens with two attached hydrogens (primary N) is 1. The maximum atomic E-state index is 13.1. The second-order valence-corrected chi connectivity index (χ2v) is 7.52. The first-order valence-corrected chi connectivity index (χ1v) is 9.84. The Hall–Kier alpha value is -3.56. The molecule has 1 fully saturated rings. The Balaban J connectivity index is 2.03. The summed E-state index contributed by atoms with van der Waals surface area (Å²) >= 11 is 12.2. The average molecular weight is 478 g/mol. The summed E-state index contributed by atoms with van der Waals surface area (Å²) in [5, 5.41) is 2.51. The van der Waals surface area contributed by atoms with Crippen LogP contribution >= 0.6 is 23.2 Å². The smallest absolute Gasteiger partial charge is 0.335 e. The number of nitrogens with one attached hydrogen (secondary N) is 1. The zero-order valence-corrected chi connectivity index (χ0v) is 18.4. The highest BCUT2D eigenvalue weighted by atomic mass is 35.5. The van der Waals surface area contributed by atoms with Gasteiger partial charge in [0.2, 0.25) is 0 Å². The first-order chi connectivity index (χ1) is 15.1. The van der Waals surface area contributed by atoms with Gasteiger partial charge in [-0.25, -0.2) is 9.69 Å². The Morgan fingerprint density at radius 1 is 1.19 bits per heavy atom. The van der Waals surface area contributed by atoms with Gasteiger partial charge < -0.3 is 15.2 Å². The van der Waals surface area contributed by atoms with E-state index in [0.29, 0.717) is 16.1 Å². The van der Waals surface area contributed by atoms with Crippen LogP contribution in [0.15, 0.2) is 35.9 Å². The molecular weight excluding hydrogens is 461 g/mol. The van der Waals surface area contributed by atoms with E-state index in [-0.39, 0.29) is 27.8 Å². The average Bonchev–Trinajstić information content (AvgIpc) is 2.72. The molecule has 0 aromatic heterocycles. The molecule has 0 saturated carbocycles. The predicted octanol–water partition coefficient (Wildman–Crippen LogP) is 2.84. The predicted molar refractivity (Wildman–Crippen MR) is 118 cm³/mol. The number of halogens is 2. The van der Waals surface area contributed by atoms with E-state index in [1.807, 2.05) is 0 Å². The summed E-state index contributed by atoms with van der Waals surface area (Å²) in [4.78, 5) is 49.7. The van der Waals surface area contributed by atoms with Gasteiger partial charge in [0, 0.05) is 5.02 Å². The van der Waals surface area contributed by atoms with E-state index in [2.05, 4.69) is 5.32 Å². The number of nitrogens with zero attached hydrogens (tertiary/aromatic N) is 1. The summed E-state index contributed by atoms with van der Waals surface area (Å²) in [6.45, 7) is 1.27. The topological polar surface area (TPSA) is 128 Å². The third kappa shape index (κ3) is 4.68. The maximum absolute atomic E-state index is 13.1. The molecule has 5 amide bonds. The number of amides is 5. The number of primary amides is 1. The number of carbonyl (C=O) groups excluding carboxylic acids is 4. The number of urea groups is 1. The minimum atomic E-state index is -0.895. The zero-order chi connectivity index (χ0) is 23.6. The van der Waals surface area contributed by atoms with Gasteiger partial charge in [0.15, 0.2) is 18.1 Å². The fraction of sp³-hybridized carbons (Fsp3) is 0.143. The summed E-state index contributed by atoms with van der Waals surface area (Å²) in [6, 6.07) is 6.67. The first-order valence-electron chi connectivity index (χ1n) is 9.08. The van der Waals surface area contributed by atoms with Crippen LogP contribution < -0.4 is 25.4 Å². The van der Waals surface area contributed by atoms with E-state index in [4.69, 9.17) is 38.4 Å². The summed E-state index contributed by atoms with van der Waals surface area (Å²) in [7, 11) is 1.35. The van der Waals surface area contributed by atoms with Gasteiger partial charge in [0.1, 0.15) is 5.57 Å². The number of rotatable bonds is 6.